The molecule has 2 nitrogen and oxygen atoms in total. The molecule has 9 aromatic carbocycles. The number of furan rings is 1. The Morgan fingerprint density at radius 1 is 0.315 bits per heavy atom. The molecule has 254 valence electrons. The van der Waals surface area contributed by atoms with Gasteiger partial charge in [0.05, 0.1) is 5.69 Å². The zero-order chi connectivity index (χ0) is 35.8. The first-order chi connectivity index (χ1) is 26.8. The van der Waals surface area contributed by atoms with Crippen molar-refractivity contribution in [3.63, 3.8) is 0 Å². The molecule has 0 aliphatic heterocycles. The lowest BCUT2D eigenvalue weighted by Crippen LogP contribution is -2.11. The van der Waals surface area contributed by atoms with Gasteiger partial charge in [0.25, 0.3) is 0 Å². The van der Waals surface area contributed by atoms with Gasteiger partial charge in [0, 0.05) is 33.3 Å². The molecule has 0 unspecified atom stereocenters. The Labute approximate surface area is 314 Å². The number of benzene rings is 9. The van der Waals surface area contributed by atoms with Crippen LogP contribution in [0.2, 0.25) is 0 Å². The average Bonchev–Trinajstić information content (AvgIpc) is 3.64. The van der Waals surface area contributed by atoms with E-state index >= 15 is 0 Å². The van der Waals surface area contributed by atoms with Gasteiger partial charge in [0.1, 0.15) is 11.2 Å². The summed E-state index contributed by atoms with van der Waals surface area (Å²) in [5.74, 6) is 0. The van der Waals surface area contributed by atoms with E-state index in [9.17, 15) is 0 Å². The predicted octanol–water partition coefficient (Wildman–Crippen LogP) is 14.9. The number of hydrogen-bond donors (Lipinski definition) is 0. The highest BCUT2D eigenvalue weighted by atomic mass is 16.3. The van der Waals surface area contributed by atoms with Crippen LogP contribution in [0, 0.1) is 0 Å². The SMILES string of the molecule is c1ccc(-c2ccc(N(c3ccc(-c4cccc5ccccc45)cc3)c3cc(-c4ccccc4)ccc3-c3cccc4c3oc3ccccc34)cc2)cc1. The van der Waals surface area contributed by atoms with Crippen LogP contribution >= 0.6 is 0 Å². The highest BCUT2D eigenvalue weighted by molar-refractivity contribution is 6.11. The highest BCUT2D eigenvalue weighted by Crippen LogP contribution is 2.46. The number of hydrogen-bond acceptors (Lipinski definition) is 2. The first kappa shape index (κ1) is 31.6. The second kappa shape index (κ2) is 13.4. The van der Waals surface area contributed by atoms with Crippen molar-refractivity contribution in [2.45, 2.75) is 0 Å². The van der Waals surface area contributed by atoms with Crippen molar-refractivity contribution >= 4 is 49.8 Å². The van der Waals surface area contributed by atoms with Gasteiger partial charge >= 0.3 is 0 Å². The fourth-order valence-electron chi connectivity index (χ4n) is 7.84. The lowest BCUT2D eigenvalue weighted by atomic mass is 9.95. The molecule has 0 saturated carbocycles. The van der Waals surface area contributed by atoms with Crippen LogP contribution in [0.3, 0.4) is 0 Å². The Hall–Kier alpha value is -7.16. The lowest BCUT2D eigenvalue weighted by molar-refractivity contribution is 0.670. The van der Waals surface area contributed by atoms with Crippen molar-refractivity contribution in [3.8, 4) is 44.5 Å². The fourth-order valence-corrected chi connectivity index (χ4v) is 7.84. The van der Waals surface area contributed by atoms with Crippen LogP contribution in [0.4, 0.5) is 17.1 Å². The predicted molar refractivity (Wildman–Crippen MR) is 228 cm³/mol. The summed E-state index contributed by atoms with van der Waals surface area (Å²) in [6.45, 7) is 0. The maximum absolute atomic E-state index is 6.65. The molecular weight excluding hydrogens is 655 g/mol. The molecule has 0 radical (unpaired) electrons. The minimum absolute atomic E-state index is 0.887. The first-order valence-electron chi connectivity index (χ1n) is 18.4. The Balaban J connectivity index is 1.20. The minimum atomic E-state index is 0.887. The molecule has 54 heavy (non-hydrogen) atoms. The summed E-state index contributed by atoms with van der Waals surface area (Å²) in [5, 5.41) is 4.72. The maximum atomic E-state index is 6.65. The summed E-state index contributed by atoms with van der Waals surface area (Å²) >= 11 is 0. The Morgan fingerprint density at radius 3 is 1.57 bits per heavy atom. The molecule has 0 N–H and O–H groups in total. The summed E-state index contributed by atoms with van der Waals surface area (Å²) in [5.41, 5.74) is 14.2. The molecule has 0 spiro atoms. The van der Waals surface area contributed by atoms with E-state index in [0.29, 0.717) is 0 Å². The van der Waals surface area contributed by atoms with E-state index in [-0.39, 0.29) is 0 Å². The molecule has 10 aromatic rings. The number of rotatable bonds is 7. The summed E-state index contributed by atoms with van der Waals surface area (Å²) in [4.78, 5) is 2.39. The van der Waals surface area contributed by atoms with Crippen molar-refractivity contribution in [2.24, 2.45) is 0 Å². The third-order valence-corrected chi connectivity index (χ3v) is 10.5. The molecule has 0 fully saturated rings. The van der Waals surface area contributed by atoms with Gasteiger partial charge < -0.3 is 9.32 Å². The third kappa shape index (κ3) is 5.62. The van der Waals surface area contributed by atoms with Crippen LogP contribution in [0.1, 0.15) is 0 Å². The van der Waals surface area contributed by atoms with E-state index in [1.165, 1.54) is 33.0 Å². The molecule has 0 bridgehead atoms. The monoisotopic (exact) mass is 689 g/mol. The minimum Gasteiger partial charge on any atom is -0.455 e. The molecule has 10 rings (SSSR count). The van der Waals surface area contributed by atoms with Crippen LogP contribution in [-0.2, 0) is 0 Å². The molecule has 0 aliphatic rings. The normalized spacial score (nSPS) is 11.3. The van der Waals surface area contributed by atoms with Gasteiger partial charge in [-0.05, 0) is 80.6 Å². The van der Waals surface area contributed by atoms with Gasteiger partial charge in [-0.2, -0.15) is 0 Å². The second-order valence-electron chi connectivity index (χ2n) is 13.7. The van der Waals surface area contributed by atoms with E-state index in [1.54, 1.807) is 0 Å². The summed E-state index contributed by atoms with van der Waals surface area (Å²) in [7, 11) is 0. The standard InChI is InChI=1S/C52H35NO/c1-3-13-36(14-4-1)38-25-30-42(31-26-38)53(43-32-27-40(28-33-43)45-21-11-18-39-17-7-8-19-44(39)45)50-35-41(37-15-5-2-6-16-37)29-34-46(50)48-22-12-23-49-47-20-9-10-24-51(47)54-52(48)49/h1-35H. The average molecular weight is 690 g/mol. The first-order valence-corrected chi connectivity index (χ1v) is 18.4. The quantitative estimate of drug-likeness (QED) is 0.166. The van der Waals surface area contributed by atoms with Crippen molar-refractivity contribution in [3.05, 3.63) is 212 Å². The number of fused-ring (bicyclic) bond motifs is 4. The van der Waals surface area contributed by atoms with Gasteiger partial charge in [-0.25, -0.2) is 0 Å². The molecule has 0 amide bonds. The van der Waals surface area contributed by atoms with Crippen LogP contribution in [0.15, 0.2) is 217 Å². The summed E-state index contributed by atoms with van der Waals surface area (Å²) < 4.78 is 6.65. The zero-order valence-electron chi connectivity index (χ0n) is 29.6. The molecule has 2 heteroatoms. The number of anilines is 3. The van der Waals surface area contributed by atoms with Gasteiger partial charge in [-0.15, -0.1) is 0 Å². The molecule has 0 aliphatic carbocycles. The van der Waals surface area contributed by atoms with E-state index < -0.39 is 0 Å². The summed E-state index contributed by atoms with van der Waals surface area (Å²) in [6, 6.07) is 75.9. The molecule has 1 heterocycles. The van der Waals surface area contributed by atoms with Crippen LogP contribution < -0.4 is 4.90 Å². The van der Waals surface area contributed by atoms with E-state index in [0.717, 1.165) is 61.3 Å². The van der Waals surface area contributed by atoms with Gasteiger partial charge in [-0.1, -0.05) is 176 Å². The van der Waals surface area contributed by atoms with E-state index in [2.05, 4.69) is 211 Å². The van der Waals surface area contributed by atoms with Gasteiger partial charge in [0.15, 0.2) is 0 Å². The van der Waals surface area contributed by atoms with Gasteiger partial charge in [0.2, 0.25) is 0 Å². The van der Waals surface area contributed by atoms with Crippen LogP contribution in [0.25, 0.3) is 77.2 Å². The Morgan fingerprint density at radius 2 is 0.833 bits per heavy atom. The summed E-state index contributed by atoms with van der Waals surface area (Å²) in [6.07, 6.45) is 0. The molecule has 1 aromatic heterocycles. The topological polar surface area (TPSA) is 16.4 Å². The van der Waals surface area contributed by atoms with E-state index in [4.69, 9.17) is 4.42 Å². The highest BCUT2D eigenvalue weighted by Gasteiger charge is 2.22. The molecule has 0 saturated heterocycles. The zero-order valence-corrected chi connectivity index (χ0v) is 29.6. The lowest BCUT2D eigenvalue weighted by Gasteiger charge is -2.29. The van der Waals surface area contributed by atoms with Gasteiger partial charge in [-0.3, -0.25) is 0 Å². The second-order valence-corrected chi connectivity index (χ2v) is 13.7. The van der Waals surface area contributed by atoms with Crippen molar-refractivity contribution in [2.75, 3.05) is 4.90 Å². The maximum Gasteiger partial charge on any atom is 0.143 e. The number of para-hydroxylation sites is 2. The number of nitrogens with zero attached hydrogens (tertiary/aromatic N) is 1. The molecule has 0 atom stereocenters. The van der Waals surface area contributed by atoms with Crippen molar-refractivity contribution in [1.29, 1.82) is 0 Å². The van der Waals surface area contributed by atoms with E-state index in [1.807, 2.05) is 6.07 Å². The Kier molecular flexibility index (Phi) is 7.85. The largest absolute Gasteiger partial charge is 0.455 e. The van der Waals surface area contributed by atoms with Crippen molar-refractivity contribution < 1.29 is 4.42 Å². The van der Waals surface area contributed by atoms with Crippen LogP contribution in [0.5, 0.6) is 0 Å². The molecular formula is C52H35NO. The fraction of sp³-hybridized carbons (Fsp3) is 0. The van der Waals surface area contributed by atoms with Crippen LogP contribution in [-0.4, -0.2) is 0 Å². The van der Waals surface area contributed by atoms with Crippen molar-refractivity contribution in [1.82, 2.24) is 0 Å². The third-order valence-electron chi connectivity index (χ3n) is 10.5. The smallest absolute Gasteiger partial charge is 0.143 e. The Bertz CT molecular complexity index is 2900.